The van der Waals surface area contributed by atoms with Crippen molar-refractivity contribution in [1.82, 2.24) is 5.32 Å². The van der Waals surface area contributed by atoms with Crippen LogP contribution in [-0.2, 0) is 11.2 Å². The van der Waals surface area contributed by atoms with Crippen LogP contribution in [0.5, 0.6) is 0 Å². The SMILES string of the molecule is CCc1ccc([C@@H](C)NC(=O)[C@H](Sc2ccccc2)c2ccccc2)cc1. The van der Waals surface area contributed by atoms with Gasteiger partial charge in [0.1, 0.15) is 5.25 Å². The van der Waals surface area contributed by atoms with E-state index in [0.29, 0.717) is 0 Å². The minimum absolute atomic E-state index is 0.0297. The summed E-state index contributed by atoms with van der Waals surface area (Å²) in [6.45, 7) is 4.18. The summed E-state index contributed by atoms with van der Waals surface area (Å²) in [5.74, 6) is 0.0297. The molecule has 0 fully saturated rings. The van der Waals surface area contributed by atoms with Crippen molar-refractivity contribution in [2.75, 3.05) is 0 Å². The molecular weight excluding hydrogens is 350 g/mol. The van der Waals surface area contributed by atoms with Gasteiger partial charge in [-0.05, 0) is 42.2 Å². The minimum Gasteiger partial charge on any atom is -0.348 e. The molecule has 2 atom stereocenters. The summed E-state index contributed by atoms with van der Waals surface area (Å²) >= 11 is 1.58. The fraction of sp³-hybridized carbons (Fsp3) is 0.208. The zero-order valence-corrected chi connectivity index (χ0v) is 16.6. The number of aryl methyl sites for hydroxylation is 1. The molecule has 0 bridgehead atoms. The van der Waals surface area contributed by atoms with Gasteiger partial charge < -0.3 is 5.32 Å². The topological polar surface area (TPSA) is 29.1 Å². The van der Waals surface area contributed by atoms with Crippen LogP contribution in [0.15, 0.2) is 89.8 Å². The Morgan fingerprint density at radius 3 is 2.04 bits per heavy atom. The first-order chi connectivity index (χ1) is 13.2. The largest absolute Gasteiger partial charge is 0.348 e. The number of carbonyl (C=O) groups is 1. The molecule has 3 aromatic carbocycles. The highest BCUT2D eigenvalue weighted by Crippen LogP contribution is 2.35. The number of rotatable bonds is 7. The van der Waals surface area contributed by atoms with Crippen LogP contribution >= 0.6 is 11.8 Å². The fourth-order valence-electron chi connectivity index (χ4n) is 2.95. The first-order valence-electron chi connectivity index (χ1n) is 9.33. The molecule has 138 valence electrons. The zero-order valence-electron chi connectivity index (χ0n) is 15.8. The second kappa shape index (κ2) is 9.43. The number of carbonyl (C=O) groups excluding carboxylic acids is 1. The Bertz CT molecular complexity index is 847. The highest BCUT2D eigenvalue weighted by molar-refractivity contribution is 8.00. The molecule has 0 saturated heterocycles. The van der Waals surface area contributed by atoms with Crippen LogP contribution in [0, 0.1) is 0 Å². The smallest absolute Gasteiger partial charge is 0.238 e. The maximum absolute atomic E-state index is 13.1. The molecule has 0 aromatic heterocycles. The number of thioether (sulfide) groups is 1. The predicted molar refractivity (Wildman–Crippen MR) is 114 cm³/mol. The summed E-state index contributed by atoms with van der Waals surface area (Å²) in [6.07, 6.45) is 1.02. The Labute approximate surface area is 166 Å². The van der Waals surface area contributed by atoms with Gasteiger partial charge in [0, 0.05) is 4.90 Å². The lowest BCUT2D eigenvalue weighted by atomic mass is 10.0. The van der Waals surface area contributed by atoms with E-state index in [2.05, 4.69) is 36.5 Å². The van der Waals surface area contributed by atoms with Crippen LogP contribution in [-0.4, -0.2) is 5.91 Å². The number of hydrogen-bond donors (Lipinski definition) is 1. The van der Waals surface area contributed by atoms with Crippen molar-refractivity contribution in [2.45, 2.75) is 36.5 Å². The van der Waals surface area contributed by atoms with E-state index < -0.39 is 0 Å². The maximum Gasteiger partial charge on any atom is 0.238 e. The van der Waals surface area contributed by atoms with Crippen molar-refractivity contribution in [3.05, 3.63) is 102 Å². The third-order valence-corrected chi connectivity index (χ3v) is 5.85. The molecule has 0 spiro atoms. The van der Waals surface area contributed by atoms with Crippen LogP contribution in [0.2, 0.25) is 0 Å². The second-order valence-electron chi connectivity index (χ2n) is 6.55. The molecule has 0 aliphatic carbocycles. The van der Waals surface area contributed by atoms with E-state index in [0.717, 1.165) is 22.4 Å². The molecule has 1 N–H and O–H groups in total. The first-order valence-corrected chi connectivity index (χ1v) is 10.2. The molecule has 0 heterocycles. The molecule has 3 rings (SSSR count). The summed E-state index contributed by atoms with van der Waals surface area (Å²) in [6, 6.07) is 28.5. The number of nitrogens with one attached hydrogen (secondary N) is 1. The van der Waals surface area contributed by atoms with Crippen molar-refractivity contribution in [2.24, 2.45) is 0 Å². The van der Waals surface area contributed by atoms with Crippen LogP contribution in [0.25, 0.3) is 0 Å². The van der Waals surface area contributed by atoms with Crippen molar-refractivity contribution < 1.29 is 4.79 Å². The van der Waals surface area contributed by atoms with E-state index in [1.54, 1.807) is 11.8 Å². The van der Waals surface area contributed by atoms with E-state index in [-0.39, 0.29) is 17.2 Å². The highest BCUT2D eigenvalue weighted by Gasteiger charge is 2.23. The first kappa shape index (κ1) is 19.2. The second-order valence-corrected chi connectivity index (χ2v) is 7.73. The predicted octanol–water partition coefficient (Wildman–Crippen LogP) is 5.96. The number of amides is 1. The molecular formula is C24H25NOS. The molecule has 0 radical (unpaired) electrons. The Morgan fingerprint density at radius 1 is 0.852 bits per heavy atom. The lowest BCUT2D eigenvalue weighted by Crippen LogP contribution is -2.30. The van der Waals surface area contributed by atoms with Gasteiger partial charge in [-0.3, -0.25) is 4.79 Å². The van der Waals surface area contributed by atoms with Gasteiger partial charge in [0.25, 0.3) is 0 Å². The summed E-state index contributed by atoms with van der Waals surface area (Å²) in [4.78, 5) is 14.2. The summed E-state index contributed by atoms with van der Waals surface area (Å²) in [5, 5.41) is 2.91. The minimum atomic E-state index is -0.286. The fourth-order valence-corrected chi connectivity index (χ4v) is 4.01. The van der Waals surface area contributed by atoms with Gasteiger partial charge in [-0.1, -0.05) is 79.7 Å². The van der Waals surface area contributed by atoms with E-state index in [9.17, 15) is 4.79 Å². The number of hydrogen-bond acceptors (Lipinski definition) is 2. The monoisotopic (exact) mass is 375 g/mol. The van der Waals surface area contributed by atoms with Crippen molar-refractivity contribution in [1.29, 1.82) is 0 Å². The van der Waals surface area contributed by atoms with Gasteiger partial charge in [-0.2, -0.15) is 0 Å². The van der Waals surface area contributed by atoms with E-state index in [1.165, 1.54) is 5.56 Å². The highest BCUT2D eigenvalue weighted by atomic mass is 32.2. The maximum atomic E-state index is 13.1. The van der Waals surface area contributed by atoms with E-state index >= 15 is 0 Å². The lowest BCUT2D eigenvalue weighted by Gasteiger charge is -2.21. The summed E-state index contributed by atoms with van der Waals surface area (Å²) in [7, 11) is 0. The molecule has 0 aliphatic heterocycles. The van der Waals surface area contributed by atoms with E-state index in [4.69, 9.17) is 0 Å². The van der Waals surface area contributed by atoms with Crippen molar-refractivity contribution in [3.63, 3.8) is 0 Å². The van der Waals surface area contributed by atoms with Crippen molar-refractivity contribution in [3.8, 4) is 0 Å². The molecule has 2 nitrogen and oxygen atoms in total. The summed E-state index contributed by atoms with van der Waals surface area (Å²) in [5.41, 5.74) is 3.44. The average molecular weight is 376 g/mol. The molecule has 3 heteroatoms. The number of benzene rings is 3. The van der Waals surface area contributed by atoms with Crippen LogP contribution in [0.4, 0.5) is 0 Å². The van der Waals surface area contributed by atoms with E-state index in [1.807, 2.05) is 67.6 Å². The van der Waals surface area contributed by atoms with Crippen LogP contribution in [0.1, 0.15) is 41.8 Å². The summed E-state index contributed by atoms with van der Waals surface area (Å²) < 4.78 is 0. The molecule has 27 heavy (non-hydrogen) atoms. The van der Waals surface area contributed by atoms with Crippen molar-refractivity contribution >= 4 is 17.7 Å². The quantitative estimate of drug-likeness (QED) is 0.516. The average Bonchev–Trinajstić information content (AvgIpc) is 2.73. The molecule has 0 saturated carbocycles. The molecule has 3 aromatic rings. The zero-order chi connectivity index (χ0) is 19.1. The normalized spacial score (nSPS) is 13.0. The van der Waals surface area contributed by atoms with Gasteiger partial charge in [-0.25, -0.2) is 0 Å². The molecule has 0 aliphatic rings. The Hall–Kier alpha value is -2.52. The van der Waals surface area contributed by atoms with Gasteiger partial charge in [0.05, 0.1) is 6.04 Å². The molecule has 1 amide bonds. The van der Waals surface area contributed by atoms with Crippen LogP contribution < -0.4 is 5.32 Å². The van der Waals surface area contributed by atoms with Gasteiger partial charge in [-0.15, -0.1) is 11.8 Å². The Morgan fingerprint density at radius 2 is 1.44 bits per heavy atom. The Balaban J connectivity index is 1.77. The lowest BCUT2D eigenvalue weighted by molar-refractivity contribution is -0.121. The standard InChI is InChI=1S/C24H25NOS/c1-3-19-14-16-20(17-15-19)18(2)25-24(26)23(21-10-6-4-7-11-21)27-22-12-8-5-9-13-22/h4-18,23H,3H2,1-2H3,(H,25,26)/t18-,23-/m1/s1. The van der Waals surface area contributed by atoms with Gasteiger partial charge in [0.15, 0.2) is 0 Å². The third kappa shape index (κ3) is 5.24. The molecule has 0 unspecified atom stereocenters. The van der Waals surface area contributed by atoms with Gasteiger partial charge >= 0.3 is 0 Å². The Kier molecular flexibility index (Phi) is 6.72. The van der Waals surface area contributed by atoms with Crippen LogP contribution in [0.3, 0.4) is 0 Å². The van der Waals surface area contributed by atoms with Gasteiger partial charge in [0.2, 0.25) is 5.91 Å². The third-order valence-electron chi connectivity index (χ3n) is 4.58.